The molecule has 3 nitrogen and oxygen atoms in total. The maximum Gasteiger partial charge on any atom is 0.224 e. The minimum atomic E-state index is -0.0300. The first kappa shape index (κ1) is 15.0. The highest BCUT2D eigenvalue weighted by Gasteiger charge is 2.05. The molecule has 20 heavy (non-hydrogen) atoms. The molecule has 0 fully saturated rings. The average Bonchev–Trinajstić information content (AvgIpc) is 2.83. The average molecular weight is 325 g/mol. The summed E-state index contributed by atoms with van der Waals surface area (Å²) in [5.41, 5.74) is 7.25. The molecule has 1 aromatic heterocycles. The molecule has 0 unspecified atom stereocenters. The van der Waals surface area contributed by atoms with Gasteiger partial charge in [-0.2, -0.15) is 0 Å². The van der Waals surface area contributed by atoms with E-state index in [0.29, 0.717) is 18.0 Å². The number of rotatable bonds is 5. The lowest BCUT2D eigenvalue weighted by molar-refractivity contribution is -0.120. The molecule has 0 saturated heterocycles. The zero-order valence-corrected chi connectivity index (χ0v) is 12.9. The zero-order valence-electron chi connectivity index (χ0n) is 10.6. The van der Waals surface area contributed by atoms with E-state index in [1.165, 1.54) is 11.3 Å². The number of nitrogens with one attached hydrogen (secondary N) is 1. The van der Waals surface area contributed by atoms with Crippen molar-refractivity contribution >= 4 is 46.1 Å². The Morgan fingerprint density at radius 3 is 2.50 bits per heavy atom. The van der Waals surface area contributed by atoms with Crippen molar-refractivity contribution in [2.45, 2.75) is 13.0 Å². The van der Waals surface area contributed by atoms with E-state index in [-0.39, 0.29) is 5.91 Å². The molecule has 0 spiro atoms. The minimum absolute atomic E-state index is 0.0300. The van der Waals surface area contributed by atoms with Crippen LogP contribution in [0.2, 0.25) is 4.34 Å². The molecule has 1 amide bonds. The predicted molar refractivity (Wildman–Crippen MR) is 87.2 cm³/mol. The van der Waals surface area contributed by atoms with Crippen LogP contribution in [0.25, 0.3) is 0 Å². The molecule has 0 aliphatic heterocycles. The Morgan fingerprint density at radius 2 is 1.95 bits per heavy atom. The van der Waals surface area contributed by atoms with Crippen LogP contribution in [0.4, 0.5) is 0 Å². The van der Waals surface area contributed by atoms with Gasteiger partial charge < -0.3 is 11.1 Å². The third-order valence-corrected chi connectivity index (χ3v) is 4.16. The second-order valence-corrected chi connectivity index (χ2v) is 6.46. The van der Waals surface area contributed by atoms with Gasteiger partial charge in [-0.1, -0.05) is 48.1 Å². The number of hydrogen-bond acceptors (Lipinski definition) is 3. The number of thiocarbonyl (C=S) groups is 1. The molecule has 3 N–H and O–H groups in total. The van der Waals surface area contributed by atoms with E-state index < -0.39 is 0 Å². The lowest BCUT2D eigenvalue weighted by Gasteiger charge is -2.05. The summed E-state index contributed by atoms with van der Waals surface area (Å²) in [6.07, 6.45) is 0.330. The van der Waals surface area contributed by atoms with Gasteiger partial charge in [-0.3, -0.25) is 4.79 Å². The fourth-order valence-corrected chi connectivity index (χ4v) is 2.83. The van der Waals surface area contributed by atoms with Crippen LogP contribution in [0.1, 0.15) is 16.0 Å². The largest absolute Gasteiger partial charge is 0.389 e. The number of hydrogen-bond donors (Lipinski definition) is 2. The van der Waals surface area contributed by atoms with Gasteiger partial charge in [-0.25, -0.2) is 0 Å². The summed E-state index contributed by atoms with van der Waals surface area (Å²) in [5, 5.41) is 2.86. The summed E-state index contributed by atoms with van der Waals surface area (Å²) in [7, 11) is 0. The highest BCUT2D eigenvalue weighted by atomic mass is 35.5. The van der Waals surface area contributed by atoms with Crippen LogP contribution in [-0.2, 0) is 17.8 Å². The molecular formula is C14H13ClN2OS2. The third-order valence-electron chi connectivity index (χ3n) is 2.69. The van der Waals surface area contributed by atoms with Gasteiger partial charge >= 0.3 is 0 Å². The maximum absolute atomic E-state index is 11.8. The number of carbonyl (C=O) groups is 1. The summed E-state index contributed by atoms with van der Waals surface area (Å²) in [6, 6.07) is 11.1. The summed E-state index contributed by atoms with van der Waals surface area (Å²) in [4.78, 5) is 13.2. The highest BCUT2D eigenvalue weighted by molar-refractivity contribution is 7.80. The van der Waals surface area contributed by atoms with E-state index in [1.807, 2.05) is 36.4 Å². The van der Waals surface area contributed by atoms with Crippen LogP contribution >= 0.6 is 35.2 Å². The van der Waals surface area contributed by atoms with E-state index in [9.17, 15) is 4.79 Å². The van der Waals surface area contributed by atoms with Gasteiger partial charge in [0, 0.05) is 10.4 Å². The molecule has 0 atom stereocenters. The van der Waals surface area contributed by atoms with E-state index in [0.717, 1.165) is 20.3 Å². The van der Waals surface area contributed by atoms with E-state index in [2.05, 4.69) is 5.32 Å². The Labute approximate surface area is 131 Å². The first-order valence-electron chi connectivity index (χ1n) is 5.94. The molecule has 0 saturated carbocycles. The Morgan fingerprint density at radius 1 is 1.25 bits per heavy atom. The standard InChI is InChI=1S/C14H13ClN2OS2/c15-12-6-5-11(20-12)8-17-13(18)7-9-1-3-10(4-2-9)14(16)19/h1-6H,7-8H2,(H2,16,19)(H,17,18). The molecule has 0 radical (unpaired) electrons. The molecule has 1 heterocycles. The summed E-state index contributed by atoms with van der Waals surface area (Å²) >= 11 is 12.2. The van der Waals surface area contributed by atoms with Gasteiger partial charge in [-0.05, 0) is 17.7 Å². The number of amides is 1. The lowest BCUT2D eigenvalue weighted by Crippen LogP contribution is -2.24. The number of carbonyl (C=O) groups excluding carboxylic acids is 1. The van der Waals surface area contributed by atoms with Crippen molar-refractivity contribution in [1.82, 2.24) is 5.32 Å². The van der Waals surface area contributed by atoms with Crippen molar-refractivity contribution in [2.24, 2.45) is 5.73 Å². The van der Waals surface area contributed by atoms with Crippen molar-refractivity contribution in [3.05, 3.63) is 56.7 Å². The van der Waals surface area contributed by atoms with Crippen LogP contribution < -0.4 is 11.1 Å². The Hall–Kier alpha value is -1.43. The number of benzene rings is 1. The van der Waals surface area contributed by atoms with Crippen molar-refractivity contribution in [3.63, 3.8) is 0 Å². The number of thiophene rings is 1. The molecule has 104 valence electrons. The van der Waals surface area contributed by atoms with Gasteiger partial charge in [0.2, 0.25) is 5.91 Å². The summed E-state index contributed by atoms with van der Waals surface area (Å²) in [6.45, 7) is 0.501. The number of halogens is 1. The van der Waals surface area contributed by atoms with Gasteiger partial charge in [0.05, 0.1) is 17.3 Å². The zero-order chi connectivity index (χ0) is 14.5. The van der Waals surface area contributed by atoms with Crippen molar-refractivity contribution in [3.8, 4) is 0 Å². The van der Waals surface area contributed by atoms with Gasteiger partial charge in [-0.15, -0.1) is 11.3 Å². The topological polar surface area (TPSA) is 55.1 Å². The molecule has 2 aromatic rings. The predicted octanol–water partition coefficient (Wildman–Crippen LogP) is 2.89. The molecule has 1 aromatic carbocycles. The Balaban J connectivity index is 1.86. The molecule has 0 bridgehead atoms. The number of nitrogens with two attached hydrogens (primary N) is 1. The van der Waals surface area contributed by atoms with E-state index in [1.54, 1.807) is 0 Å². The molecular weight excluding hydrogens is 312 g/mol. The smallest absolute Gasteiger partial charge is 0.224 e. The third kappa shape index (κ3) is 4.30. The van der Waals surface area contributed by atoms with Crippen molar-refractivity contribution in [1.29, 1.82) is 0 Å². The van der Waals surface area contributed by atoms with Gasteiger partial charge in [0.15, 0.2) is 0 Å². The van der Waals surface area contributed by atoms with Crippen LogP contribution in [-0.4, -0.2) is 10.9 Å². The van der Waals surface area contributed by atoms with Crippen molar-refractivity contribution < 1.29 is 4.79 Å². The summed E-state index contributed by atoms with van der Waals surface area (Å²) < 4.78 is 0.725. The minimum Gasteiger partial charge on any atom is -0.389 e. The van der Waals surface area contributed by atoms with Gasteiger partial charge in [0.1, 0.15) is 4.99 Å². The molecule has 0 aliphatic carbocycles. The highest BCUT2D eigenvalue weighted by Crippen LogP contribution is 2.20. The normalized spacial score (nSPS) is 10.2. The van der Waals surface area contributed by atoms with Crippen molar-refractivity contribution in [2.75, 3.05) is 0 Å². The summed E-state index contributed by atoms with van der Waals surface area (Å²) in [5.74, 6) is -0.0300. The fourth-order valence-electron chi connectivity index (χ4n) is 1.67. The van der Waals surface area contributed by atoms with Crippen LogP contribution in [0.15, 0.2) is 36.4 Å². The van der Waals surface area contributed by atoms with Crippen LogP contribution in [0, 0.1) is 0 Å². The molecule has 6 heteroatoms. The Kier molecular flexibility index (Phi) is 5.11. The first-order chi connectivity index (χ1) is 9.54. The fraction of sp³-hybridized carbons (Fsp3) is 0.143. The van der Waals surface area contributed by atoms with Crippen LogP contribution in [0.3, 0.4) is 0 Å². The molecule has 2 rings (SSSR count). The Bertz CT molecular complexity index is 622. The molecule has 0 aliphatic rings. The lowest BCUT2D eigenvalue weighted by atomic mass is 10.1. The van der Waals surface area contributed by atoms with Crippen LogP contribution in [0.5, 0.6) is 0 Å². The SMILES string of the molecule is NC(=S)c1ccc(CC(=O)NCc2ccc(Cl)s2)cc1. The monoisotopic (exact) mass is 324 g/mol. The quantitative estimate of drug-likeness (QED) is 0.831. The maximum atomic E-state index is 11.8. The van der Waals surface area contributed by atoms with E-state index in [4.69, 9.17) is 29.6 Å². The van der Waals surface area contributed by atoms with Gasteiger partial charge in [0.25, 0.3) is 0 Å². The van der Waals surface area contributed by atoms with E-state index >= 15 is 0 Å². The second-order valence-electron chi connectivity index (χ2n) is 4.22. The second kappa shape index (κ2) is 6.83. The first-order valence-corrected chi connectivity index (χ1v) is 7.54.